The predicted octanol–water partition coefficient (Wildman–Crippen LogP) is 3.65. The molecule has 0 fully saturated rings. The summed E-state index contributed by atoms with van der Waals surface area (Å²) in [5, 5.41) is 2.71. The normalized spacial score (nSPS) is 10.8. The minimum Gasteiger partial charge on any atom is -0.450 e. The van der Waals surface area contributed by atoms with Crippen molar-refractivity contribution in [3.05, 3.63) is 65.4 Å². The van der Waals surface area contributed by atoms with Gasteiger partial charge in [-0.05, 0) is 18.2 Å². The number of furan rings is 1. The van der Waals surface area contributed by atoms with Crippen LogP contribution in [0.2, 0.25) is 0 Å². The number of amides is 1. The van der Waals surface area contributed by atoms with Gasteiger partial charge in [-0.1, -0.05) is 24.3 Å². The van der Waals surface area contributed by atoms with Crippen molar-refractivity contribution in [2.75, 3.05) is 19.0 Å². The Kier molecular flexibility index (Phi) is 5.46. The number of halogens is 2. The average Bonchev–Trinajstić information content (AvgIpc) is 3.02. The second kappa shape index (κ2) is 7.96. The van der Waals surface area contributed by atoms with E-state index in [-0.39, 0.29) is 12.4 Å². The molecular weight excluding hydrogens is 360 g/mol. The third-order valence-electron chi connectivity index (χ3n) is 3.73. The van der Waals surface area contributed by atoms with Gasteiger partial charge in [0.2, 0.25) is 5.76 Å². The average molecular weight is 375 g/mol. The number of methoxy groups -OCH3 is 1. The van der Waals surface area contributed by atoms with Crippen LogP contribution < -0.4 is 5.32 Å². The maximum Gasteiger partial charge on any atom is 0.375 e. The Morgan fingerprint density at radius 3 is 2.48 bits per heavy atom. The minimum atomic E-state index is -0.936. The van der Waals surface area contributed by atoms with Crippen LogP contribution in [0.25, 0.3) is 11.0 Å². The molecule has 0 aliphatic heterocycles. The minimum absolute atomic E-state index is 0.0945. The summed E-state index contributed by atoms with van der Waals surface area (Å²) in [5.41, 5.74) is 0.343. The van der Waals surface area contributed by atoms with Crippen molar-refractivity contribution in [3.63, 3.8) is 0 Å². The van der Waals surface area contributed by atoms with E-state index >= 15 is 0 Å². The highest BCUT2D eigenvalue weighted by Gasteiger charge is 2.23. The molecule has 0 saturated heterocycles. The fraction of sp³-hybridized carbons (Fsp3) is 0.158. The Morgan fingerprint density at radius 2 is 1.78 bits per heavy atom. The zero-order chi connectivity index (χ0) is 19.4. The van der Waals surface area contributed by atoms with Crippen LogP contribution in [0.3, 0.4) is 0 Å². The molecule has 27 heavy (non-hydrogen) atoms. The van der Waals surface area contributed by atoms with E-state index in [0.717, 1.165) is 12.1 Å². The molecule has 140 valence electrons. The zero-order valence-electron chi connectivity index (χ0n) is 14.3. The molecule has 0 unspecified atom stereocenters. The topological polar surface area (TPSA) is 77.8 Å². The van der Waals surface area contributed by atoms with Crippen LogP contribution in [0.5, 0.6) is 0 Å². The van der Waals surface area contributed by atoms with Crippen LogP contribution in [0.15, 0.2) is 46.9 Å². The van der Waals surface area contributed by atoms with Gasteiger partial charge in [0.05, 0.1) is 6.61 Å². The maximum absolute atomic E-state index is 13.5. The molecule has 0 radical (unpaired) electrons. The number of para-hydroxylation sites is 2. The molecule has 1 aromatic heterocycles. The Bertz CT molecular complexity index is 979. The molecule has 6 nitrogen and oxygen atoms in total. The van der Waals surface area contributed by atoms with Gasteiger partial charge in [0.15, 0.2) is 6.61 Å². The van der Waals surface area contributed by atoms with Gasteiger partial charge in [0, 0.05) is 18.1 Å². The van der Waals surface area contributed by atoms with E-state index in [9.17, 15) is 18.4 Å². The van der Waals surface area contributed by atoms with Crippen molar-refractivity contribution in [2.24, 2.45) is 0 Å². The number of hydrogen-bond donors (Lipinski definition) is 1. The monoisotopic (exact) mass is 375 g/mol. The van der Waals surface area contributed by atoms with E-state index in [0.29, 0.717) is 16.5 Å². The van der Waals surface area contributed by atoms with Crippen molar-refractivity contribution in [1.29, 1.82) is 0 Å². The van der Waals surface area contributed by atoms with Gasteiger partial charge in [-0.25, -0.2) is 13.6 Å². The molecule has 3 rings (SSSR count). The van der Waals surface area contributed by atoms with E-state index < -0.39 is 35.8 Å². The molecule has 0 bridgehead atoms. The predicted molar refractivity (Wildman–Crippen MR) is 92.2 cm³/mol. The second-order valence-corrected chi connectivity index (χ2v) is 5.56. The van der Waals surface area contributed by atoms with E-state index in [4.69, 9.17) is 13.9 Å². The van der Waals surface area contributed by atoms with Gasteiger partial charge < -0.3 is 19.2 Å². The number of nitrogens with one attached hydrogen (secondary N) is 1. The number of hydrogen-bond acceptors (Lipinski definition) is 5. The molecule has 8 heteroatoms. The molecule has 0 saturated carbocycles. The van der Waals surface area contributed by atoms with Crippen LogP contribution in [-0.2, 0) is 20.9 Å². The first-order valence-electron chi connectivity index (χ1n) is 7.91. The first kappa shape index (κ1) is 18.5. The van der Waals surface area contributed by atoms with Gasteiger partial charge in [-0.2, -0.15) is 0 Å². The SMILES string of the molecule is COCc1c(C(=O)OCC(=O)Nc2c(F)cccc2F)oc2ccccc12. The molecule has 1 heterocycles. The number of esters is 1. The van der Waals surface area contributed by atoms with Gasteiger partial charge in [-0.3, -0.25) is 4.79 Å². The van der Waals surface area contributed by atoms with Gasteiger partial charge in [-0.15, -0.1) is 0 Å². The number of carbonyl (C=O) groups is 2. The summed E-state index contributed by atoms with van der Waals surface area (Å²) in [6, 6.07) is 10.1. The van der Waals surface area contributed by atoms with Crippen molar-refractivity contribution in [1.82, 2.24) is 0 Å². The van der Waals surface area contributed by atoms with Crippen LogP contribution >= 0.6 is 0 Å². The van der Waals surface area contributed by atoms with Crippen LogP contribution in [-0.4, -0.2) is 25.6 Å². The molecule has 0 atom stereocenters. The summed E-state index contributed by atoms with van der Waals surface area (Å²) in [7, 11) is 1.47. The maximum atomic E-state index is 13.5. The smallest absolute Gasteiger partial charge is 0.375 e. The Balaban J connectivity index is 1.71. The van der Waals surface area contributed by atoms with E-state index in [2.05, 4.69) is 0 Å². The fourth-order valence-corrected chi connectivity index (χ4v) is 2.54. The Hall–Kier alpha value is -3.26. The lowest BCUT2D eigenvalue weighted by Gasteiger charge is -2.08. The summed E-state index contributed by atoms with van der Waals surface area (Å²) < 4.78 is 42.6. The lowest BCUT2D eigenvalue weighted by atomic mass is 10.1. The summed E-state index contributed by atoms with van der Waals surface area (Å²) >= 11 is 0. The number of fused-ring (bicyclic) bond motifs is 1. The van der Waals surface area contributed by atoms with Crippen molar-refractivity contribution in [3.8, 4) is 0 Å². The van der Waals surface area contributed by atoms with Crippen molar-refractivity contribution in [2.45, 2.75) is 6.61 Å². The molecule has 3 aromatic rings. The summed E-state index contributed by atoms with van der Waals surface area (Å²) in [5.74, 6) is -3.74. The molecule has 2 aromatic carbocycles. The highest BCUT2D eigenvalue weighted by molar-refractivity contribution is 5.98. The molecule has 0 aliphatic rings. The zero-order valence-corrected chi connectivity index (χ0v) is 14.3. The molecule has 1 amide bonds. The second-order valence-electron chi connectivity index (χ2n) is 5.56. The highest BCUT2D eigenvalue weighted by Crippen LogP contribution is 2.27. The van der Waals surface area contributed by atoms with Crippen LogP contribution in [0.4, 0.5) is 14.5 Å². The van der Waals surface area contributed by atoms with Crippen molar-refractivity contribution >= 4 is 28.5 Å². The largest absolute Gasteiger partial charge is 0.450 e. The molecule has 0 spiro atoms. The van der Waals surface area contributed by atoms with E-state index in [1.807, 2.05) is 5.32 Å². The lowest BCUT2D eigenvalue weighted by Crippen LogP contribution is -2.22. The highest BCUT2D eigenvalue weighted by atomic mass is 19.1. The molecular formula is C19H15F2NO5. The summed E-state index contributed by atoms with van der Waals surface area (Å²) in [4.78, 5) is 24.2. The van der Waals surface area contributed by atoms with E-state index in [1.54, 1.807) is 24.3 Å². The Labute approximate surface area is 152 Å². The van der Waals surface area contributed by atoms with Gasteiger partial charge in [0.25, 0.3) is 5.91 Å². The summed E-state index contributed by atoms with van der Waals surface area (Å²) in [6.45, 7) is -0.635. The van der Waals surface area contributed by atoms with Crippen molar-refractivity contribution < 1.29 is 32.3 Å². The number of benzene rings is 2. The Morgan fingerprint density at radius 1 is 1.07 bits per heavy atom. The third-order valence-corrected chi connectivity index (χ3v) is 3.73. The number of ether oxygens (including phenoxy) is 2. The quantitative estimate of drug-likeness (QED) is 0.666. The van der Waals surface area contributed by atoms with Gasteiger partial charge >= 0.3 is 5.97 Å². The van der Waals surface area contributed by atoms with E-state index in [1.165, 1.54) is 13.2 Å². The molecule has 0 aliphatic carbocycles. The first-order chi connectivity index (χ1) is 13.0. The third kappa shape index (κ3) is 3.95. The lowest BCUT2D eigenvalue weighted by molar-refractivity contribution is -0.119. The first-order valence-corrected chi connectivity index (χ1v) is 7.91. The van der Waals surface area contributed by atoms with Crippen LogP contribution in [0, 0.1) is 11.6 Å². The van der Waals surface area contributed by atoms with Crippen LogP contribution in [0.1, 0.15) is 16.1 Å². The van der Waals surface area contributed by atoms with Gasteiger partial charge in [0.1, 0.15) is 22.9 Å². The fourth-order valence-electron chi connectivity index (χ4n) is 2.54. The summed E-state index contributed by atoms with van der Waals surface area (Å²) in [6.07, 6.45) is 0. The number of carbonyl (C=O) groups excluding carboxylic acids is 2. The molecule has 1 N–H and O–H groups in total. The standard InChI is InChI=1S/C19H15F2NO5/c1-25-9-12-11-5-2-3-8-15(11)27-18(12)19(24)26-10-16(23)22-17-13(20)6-4-7-14(17)21/h2-8H,9-10H2,1H3,(H,22,23). The number of rotatable bonds is 6. The number of anilines is 1.